The molecule has 178 valence electrons. The number of aliphatic hydroxyl groups excluding tert-OH is 1. The molecular formula is C25H41N5O2. The third-order valence-corrected chi connectivity index (χ3v) is 6.95. The lowest BCUT2D eigenvalue weighted by Crippen LogP contribution is -2.49. The average Bonchev–Trinajstić information content (AvgIpc) is 3.31. The van der Waals surface area contributed by atoms with Gasteiger partial charge in [-0.2, -0.15) is 0 Å². The van der Waals surface area contributed by atoms with Gasteiger partial charge in [0.15, 0.2) is 5.96 Å². The van der Waals surface area contributed by atoms with Crippen LogP contribution in [-0.4, -0.2) is 68.8 Å². The Kier molecular flexibility index (Phi) is 8.79. The molecule has 1 aromatic carbocycles. The second kappa shape index (κ2) is 11.5. The van der Waals surface area contributed by atoms with Gasteiger partial charge >= 0.3 is 0 Å². The maximum Gasteiger partial charge on any atom is 0.230 e. The zero-order chi connectivity index (χ0) is 23.0. The molecule has 1 saturated carbocycles. The molecule has 0 unspecified atom stereocenters. The largest absolute Gasteiger partial charge is 0.396 e. The molecule has 3 N–H and O–H groups in total. The van der Waals surface area contributed by atoms with Gasteiger partial charge in [-0.1, -0.05) is 25.0 Å². The Balaban J connectivity index is 1.58. The molecule has 1 heterocycles. The number of piperidine rings is 1. The molecule has 7 heteroatoms. The van der Waals surface area contributed by atoms with Crippen LogP contribution in [0.5, 0.6) is 0 Å². The lowest BCUT2D eigenvalue weighted by Gasteiger charge is -2.33. The van der Waals surface area contributed by atoms with E-state index in [0.717, 1.165) is 69.7 Å². The summed E-state index contributed by atoms with van der Waals surface area (Å²) in [4.78, 5) is 21.7. The summed E-state index contributed by atoms with van der Waals surface area (Å²) in [5.41, 5.74) is 2.09. The van der Waals surface area contributed by atoms with Crippen LogP contribution in [0.4, 0.5) is 5.69 Å². The minimum Gasteiger partial charge on any atom is -0.396 e. The van der Waals surface area contributed by atoms with E-state index in [1.54, 1.807) is 4.90 Å². The maximum atomic E-state index is 12.8. The molecule has 0 spiro atoms. The second-order valence-corrected chi connectivity index (χ2v) is 9.52. The zero-order valence-corrected chi connectivity index (χ0v) is 20.1. The predicted molar refractivity (Wildman–Crippen MR) is 131 cm³/mol. The Hall–Kier alpha value is -2.28. The van der Waals surface area contributed by atoms with Crippen LogP contribution in [0.1, 0.15) is 51.0 Å². The van der Waals surface area contributed by atoms with Gasteiger partial charge in [0.1, 0.15) is 0 Å². The second-order valence-electron chi connectivity index (χ2n) is 9.52. The van der Waals surface area contributed by atoms with Gasteiger partial charge in [0, 0.05) is 52.6 Å². The number of nitrogens with one attached hydrogen (secondary N) is 2. The summed E-state index contributed by atoms with van der Waals surface area (Å²) in [6.07, 6.45) is 6.20. The Morgan fingerprint density at radius 1 is 1.16 bits per heavy atom. The molecule has 1 saturated heterocycles. The molecule has 0 aromatic heterocycles. The molecule has 0 bridgehead atoms. The van der Waals surface area contributed by atoms with E-state index in [2.05, 4.69) is 46.7 Å². The highest BCUT2D eigenvalue weighted by Crippen LogP contribution is 2.38. The number of carbonyl (C=O) groups excluding carboxylic acids is 1. The van der Waals surface area contributed by atoms with Gasteiger partial charge in [0.2, 0.25) is 5.91 Å². The molecule has 1 aliphatic heterocycles. The first-order valence-electron chi connectivity index (χ1n) is 12.2. The summed E-state index contributed by atoms with van der Waals surface area (Å²) in [5.74, 6) is 1.44. The molecule has 2 fully saturated rings. The number of amides is 1. The van der Waals surface area contributed by atoms with Gasteiger partial charge in [0.25, 0.3) is 0 Å². The molecule has 3 rings (SSSR count). The molecule has 0 radical (unpaired) electrons. The fourth-order valence-electron chi connectivity index (χ4n) is 4.94. The first-order chi connectivity index (χ1) is 15.5. The van der Waals surface area contributed by atoms with Gasteiger partial charge in [-0.15, -0.1) is 0 Å². The molecule has 0 atom stereocenters. The standard InChI is InChI=1S/C25H41N5O2/c1-4-26-24(28-19-25(13-5-6-14-25)23(32)29(2)3)27-17-20-7-9-22(10-8-20)30-15-11-21(18-31)12-16-30/h7-10,21,31H,4-6,11-19H2,1-3H3,(H2,26,27,28). The lowest BCUT2D eigenvalue weighted by molar-refractivity contribution is -0.138. The Bertz CT molecular complexity index is 748. The minimum atomic E-state index is -0.315. The van der Waals surface area contributed by atoms with Crippen molar-refractivity contribution in [2.75, 3.05) is 51.8 Å². The smallest absolute Gasteiger partial charge is 0.230 e. The van der Waals surface area contributed by atoms with Crippen molar-refractivity contribution in [3.63, 3.8) is 0 Å². The topological polar surface area (TPSA) is 80.2 Å². The molecule has 1 aromatic rings. The third kappa shape index (κ3) is 6.15. The number of aliphatic hydroxyl groups is 1. The number of anilines is 1. The van der Waals surface area contributed by atoms with Crippen LogP contribution in [0, 0.1) is 11.3 Å². The van der Waals surface area contributed by atoms with Gasteiger partial charge in [-0.05, 0) is 56.2 Å². The highest BCUT2D eigenvalue weighted by atomic mass is 16.3. The molecule has 1 aliphatic carbocycles. The zero-order valence-electron chi connectivity index (χ0n) is 20.1. The molecule has 1 amide bonds. The molecule has 7 nitrogen and oxygen atoms in total. The normalized spacial score (nSPS) is 19.1. The number of aliphatic imine (C=N–C) groups is 1. The number of rotatable bonds is 8. The van der Waals surface area contributed by atoms with Crippen LogP contribution in [0.15, 0.2) is 29.3 Å². The van der Waals surface area contributed by atoms with Gasteiger partial charge in [-0.3, -0.25) is 4.79 Å². The minimum absolute atomic E-state index is 0.219. The fraction of sp³-hybridized carbons (Fsp3) is 0.680. The molecule has 32 heavy (non-hydrogen) atoms. The van der Waals surface area contributed by atoms with E-state index >= 15 is 0 Å². The van der Waals surface area contributed by atoms with Crippen molar-refractivity contribution in [3.8, 4) is 0 Å². The van der Waals surface area contributed by atoms with Gasteiger partial charge < -0.3 is 25.5 Å². The first kappa shape index (κ1) is 24.4. The number of nitrogens with zero attached hydrogens (tertiary/aromatic N) is 3. The van der Waals surface area contributed by atoms with Crippen molar-refractivity contribution in [1.29, 1.82) is 0 Å². The van der Waals surface area contributed by atoms with Crippen LogP contribution in [0.3, 0.4) is 0 Å². The van der Waals surface area contributed by atoms with E-state index in [1.807, 2.05) is 14.1 Å². The number of benzene rings is 1. The van der Waals surface area contributed by atoms with Crippen molar-refractivity contribution >= 4 is 17.6 Å². The van der Waals surface area contributed by atoms with Crippen molar-refractivity contribution in [2.24, 2.45) is 16.3 Å². The highest BCUT2D eigenvalue weighted by Gasteiger charge is 2.42. The Morgan fingerprint density at radius 2 is 1.81 bits per heavy atom. The van der Waals surface area contributed by atoms with E-state index in [1.165, 1.54) is 5.69 Å². The van der Waals surface area contributed by atoms with Crippen molar-refractivity contribution in [2.45, 2.75) is 52.0 Å². The van der Waals surface area contributed by atoms with E-state index in [9.17, 15) is 9.90 Å². The quantitative estimate of drug-likeness (QED) is 0.425. The summed E-state index contributed by atoms with van der Waals surface area (Å²) in [5, 5.41) is 16.1. The van der Waals surface area contributed by atoms with Gasteiger partial charge in [0.05, 0.1) is 12.0 Å². The van der Waals surface area contributed by atoms with E-state index in [-0.39, 0.29) is 11.3 Å². The number of carbonyl (C=O) groups is 1. The number of hydrogen-bond acceptors (Lipinski definition) is 4. The SMILES string of the molecule is CCNC(=NCc1ccc(N2CCC(CO)CC2)cc1)NCC1(C(=O)N(C)C)CCCC1. The highest BCUT2D eigenvalue weighted by molar-refractivity contribution is 5.85. The van der Waals surface area contributed by atoms with Crippen LogP contribution < -0.4 is 15.5 Å². The fourth-order valence-corrected chi connectivity index (χ4v) is 4.94. The summed E-state index contributed by atoms with van der Waals surface area (Å²) in [6, 6.07) is 8.64. The van der Waals surface area contributed by atoms with Crippen LogP contribution in [-0.2, 0) is 11.3 Å². The summed E-state index contributed by atoms with van der Waals surface area (Å²) in [7, 11) is 3.69. The third-order valence-electron chi connectivity index (χ3n) is 6.95. The van der Waals surface area contributed by atoms with Crippen LogP contribution in [0.25, 0.3) is 0 Å². The Labute approximate surface area is 193 Å². The molecular weight excluding hydrogens is 402 g/mol. The van der Waals surface area contributed by atoms with E-state index in [4.69, 9.17) is 4.99 Å². The van der Waals surface area contributed by atoms with Crippen LogP contribution >= 0.6 is 0 Å². The van der Waals surface area contributed by atoms with Gasteiger partial charge in [-0.25, -0.2) is 4.99 Å². The van der Waals surface area contributed by atoms with Crippen molar-refractivity contribution < 1.29 is 9.90 Å². The summed E-state index contributed by atoms with van der Waals surface area (Å²) >= 11 is 0. The maximum absolute atomic E-state index is 12.8. The lowest BCUT2D eigenvalue weighted by atomic mass is 9.84. The molecule has 2 aliphatic rings. The monoisotopic (exact) mass is 443 g/mol. The first-order valence-corrected chi connectivity index (χ1v) is 12.2. The average molecular weight is 444 g/mol. The number of hydrogen-bond donors (Lipinski definition) is 3. The van der Waals surface area contributed by atoms with Crippen molar-refractivity contribution in [3.05, 3.63) is 29.8 Å². The Morgan fingerprint density at radius 3 is 2.38 bits per heavy atom. The summed E-state index contributed by atoms with van der Waals surface area (Å²) in [6.45, 7) is 6.37. The predicted octanol–water partition coefficient (Wildman–Crippen LogP) is 2.60. The number of guanidine groups is 1. The van der Waals surface area contributed by atoms with E-state index in [0.29, 0.717) is 25.6 Å². The van der Waals surface area contributed by atoms with Crippen LogP contribution in [0.2, 0.25) is 0 Å². The van der Waals surface area contributed by atoms with Crippen molar-refractivity contribution in [1.82, 2.24) is 15.5 Å². The summed E-state index contributed by atoms with van der Waals surface area (Å²) < 4.78 is 0. The van der Waals surface area contributed by atoms with E-state index < -0.39 is 0 Å².